The van der Waals surface area contributed by atoms with Crippen LogP contribution in [0, 0.1) is 11.8 Å². The van der Waals surface area contributed by atoms with Gasteiger partial charge in [0.05, 0.1) is 12.2 Å². The first-order valence-corrected chi connectivity index (χ1v) is 9.02. The van der Waals surface area contributed by atoms with Gasteiger partial charge in [0.25, 0.3) is 0 Å². The van der Waals surface area contributed by atoms with Crippen LogP contribution in [0.15, 0.2) is 0 Å². The molecule has 3 unspecified atom stereocenters. The molecule has 3 atom stereocenters. The highest BCUT2D eigenvalue weighted by molar-refractivity contribution is 4.81. The molecule has 0 aromatic carbocycles. The first kappa shape index (κ1) is 18.0. The molecule has 1 aliphatic rings. The molecular formula is C18H36O2. The molecule has 0 spiro atoms. The molecule has 0 saturated heterocycles. The topological polar surface area (TPSA) is 29.5 Å². The van der Waals surface area contributed by atoms with Crippen molar-refractivity contribution in [2.75, 3.05) is 6.61 Å². The molecule has 0 aliphatic heterocycles. The standard InChI is InChI=1S/C18H36O2/c1-4-7-11-15(5-2)14-17(19)18(20-6-3)16-12-9-8-10-13-16/h15-19H,4-14H2,1-3H3. The minimum atomic E-state index is -0.264. The summed E-state index contributed by atoms with van der Waals surface area (Å²) in [6.45, 7) is 7.28. The maximum Gasteiger partial charge on any atom is 0.0861 e. The highest BCUT2D eigenvalue weighted by Crippen LogP contribution is 2.32. The van der Waals surface area contributed by atoms with Crippen LogP contribution in [-0.2, 0) is 4.74 Å². The minimum absolute atomic E-state index is 0.0796. The summed E-state index contributed by atoms with van der Waals surface area (Å²) in [7, 11) is 0. The summed E-state index contributed by atoms with van der Waals surface area (Å²) >= 11 is 0. The van der Waals surface area contributed by atoms with E-state index in [1.807, 2.05) is 0 Å². The lowest BCUT2D eigenvalue weighted by Crippen LogP contribution is -2.38. The smallest absolute Gasteiger partial charge is 0.0861 e. The molecule has 1 fully saturated rings. The Morgan fingerprint density at radius 2 is 1.80 bits per heavy atom. The van der Waals surface area contributed by atoms with E-state index in [4.69, 9.17) is 4.74 Å². The molecule has 0 aromatic heterocycles. The highest BCUT2D eigenvalue weighted by Gasteiger charge is 2.31. The third kappa shape index (κ3) is 6.13. The lowest BCUT2D eigenvalue weighted by Gasteiger charge is -2.34. The summed E-state index contributed by atoms with van der Waals surface area (Å²) in [5.41, 5.74) is 0. The summed E-state index contributed by atoms with van der Waals surface area (Å²) in [4.78, 5) is 0. The molecule has 1 rings (SSSR count). The van der Waals surface area contributed by atoms with Crippen molar-refractivity contribution in [1.29, 1.82) is 0 Å². The molecule has 0 amide bonds. The number of hydrogen-bond acceptors (Lipinski definition) is 2. The zero-order valence-electron chi connectivity index (χ0n) is 13.9. The fraction of sp³-hybridized carbons (Fsp3) is 1.00. The van der Waals surface area contributed by atoms with Gasteiger partial charge >= 0.3 is 0 Å². The average Bonchev–Trinajstić information content (AvgIpc) is 2.49. The largest absolute Gasteiger partial charge is 0.390 e. The molecule has 1 saturated carbocycles. The third-order valence-electron chi connectivity index (χ3n) is 4.97. The van der Waals surface area contributed by atoms with Crippen LogP contribution < -0.4 is 0 Å². The summed E-state index contributed by atoms with van der Waals surface area (Å²) in [6, 6.07) is 0. The lowest BCUT2D eigenvalue weighted by molar-refractivity contribution is -0.0799. The molecule has 0 heterocycles. The predicted molar refractivity (Wildman–Crippen MR) is 85.9 cm³/mol. The van der Waals surface area contributed by atoms with Crippen LogP contribution in [0.25, 0.3) is 0 Å². The zero-order chi connectivity index (χ0) is 14.8. The normalized spacial score (nSPS) is 21.6. The van der Waals surface area contributed by atoms with Crippen LogP contribution in [0.3, 0.4) is 0 Å². The second-order valence-electron chi connectivity index (χ2n) is 6.54. The molecule has 2 nitrogen and oxygen atoms in total. The van der Waals surface area contributed by atoms with Crippen LogP contribution in [0.4, 0.5) is 0 Å². The Kier molecular flexibility index (Phi) is 9.54. The Hall–Kier alpha value is -0.0800. The summed E-state index contributed by atoms with van der Waals surface area (Å²) < 4.78 is 5.94. The maximum absolute atomic E-state index is 10.7. The second kappa shape index (κ2) is 10.6. The van der Waals surface area contributed by atoms with Gasteiger partial charge in [-0.25, -0.2) is 0 Å². The fourth-order valence-electron chi connectivity index (χ4n) is 3.67. The average molecular weight is 284 g/mol. The van der Waals surface area contributed by atoms with Gasteiger partial charge in [0.1, 0.15) is 0 Å². The van der Waals surface area contributed by atoms with E-state index in [1.54, 1.807) is 0 Å². The first-order valence-electron chi connectivity index (χ1n) is 9.02. The Bertz CT molecular complexity index is 223. The third-order valence-corrected chi connectivity index (χ3v) is 4.97. The second-order valence-corrected chi connectivity index (χ2v) is 6.54. The Morgan fingerprint density at radius 1 is 1.10 bits per heavy atom. The maximum atomic E-state index is 10.7. The van der Waals surface area contributed by atoms with Crippen molar-refractivity contribution < 1.29 is 9.84 Å². The molecule has 120 valence electrons. The van der Waals surface area contributed by atoms with Gasteiger partial charge in [0.15, 0.2) is 0 Å². The van der Waals surface area contributed by atoms with E-state index in [9.17, 15) is 5.11 Å². The van der Waals surface area contributed by atoms with Crippen molar-refractivity contribution in [1.82, 2.24) is 0 Å². The van der Waals surface area contributed by atoms with E-state index in [0.29, 0.717) is 11.8 Å². The monoisotopic (exact) mass is 284 g/mol. The fourth-order valence-corrected chi connectivity index (χ4v) is 3.67. The highest BCUT2D eigenvalue weighted by atomic mass is 16.5. The lowest BCUT2D eigenvalue weighted by atomic mass is 9.80. The van der Waals surface area contributed by atoms with Crippen molar-refractivity contribution in [3.63, 3.8) is 0 Å². The molecule has 0 radical (unpaired) electrons. The van der Waals surface area contributed by atoms with Crippen LogP contribution in [0.5, 0.6) is 0 Å². The predicted octanol–water partition coefficient (Wildman–Crippen LogP) is 4.94. The zero-order valence-corrected chi connectivity index (χ0v) is 13.9. The quantitative estimate of drug-likeness (QED) is 0.615. The van der Waals surface area contributed by atoms with E-state index in [-0.39, 0.29) is 12.2 Å². The number of aliphatic hydroxyl groups excluding tert-OH is 1. The van der Waals surface area contributed by atoms with E-state index in [0.717, 1.165) is 13.0 Å². The van der Waals surface area contributed by atoms with E-state index in [2.05, 4.69) is 20.8 Å². The van der Waals surface area contributed by atoms with Gasteiger partial charge < -0.3 is 9.84 Å². The number of ether oxygens (including phenoxy) is 1. The van der Waals surface area contributed by atoms with Crippen molar-refractivity contribution in [2.24, 2.45) is 11.8 Å². The molecule has 1 aliphatic carbocycles. The SMILES string of the molecule is CCCCC(CC)CC(O)C(OCC)C1CCCCC1. The summed E-state index contributed by atoms with van der Waals surface area (Å²) in [5.74, 6) is 1.25. The van der Waals surface area contributed by atoms with Gasteiger partial charge in [-0.15, -0.1) is 0 Å². The van der Waals surface area contributed by atoms with Crippen molar-refractivity contribution in [3.05, 3.63) is 0 Å². The van der Waals surface area contributed by atoms with Crippen LogP contribution in [0.1, 0.15) is 85.0 Å². The first-order chi connectivity index (χ1) is 9.72. The van der Waals surface area contributed by atoms with E-state index >= 15 is 0 Å². The van der Waals surface area contributed by atoms with Crippen LogP contribution >= 0.6 is 0 Å². The molecule has 0 aromatic rings. The molecule has 0 bridgehead atoms. The van der Waals surface area contributed by atoms with Crippen LogP contribution in [0.2, 0.25) is 0 Å². The molecule has 20 heavy (non-hydrogen) atoms. The minimum Gasteiger partial charge on any atom is -0.390 e. The van der Waals surface area contributed by atoms with Crippen molar-refractivity contribution >= 4 is 0 Å². The van der Waals surface area contributed by atoms with Crippen molar-refractivity contribution in [3.8, 4) is 0 Å². The van der Waals surface area contributed by atoms with Gasteiger partial charge in [0.2, 0.25) is 0 Å². The number of aliphatic hydroxyl groups is 1. The van der Waals surface area contributed by atoms with E-state index in [1.165, 1.54) is 57.8 Å². The van der Waals surface area contributed by atoms with Crippen LogP contribution in [-0.4, -0.2) is 23.9 Å². The Morgan fingerprint density at radius 3 is 2.35 bits per heavy atom. The Balaban J connectivity index is 2.50. The van der Waals surface area contributed by atoms with Gasteiger partial charge in [-0.1, -0.05) is 58.8 Å². The number of rotatable bonds is 10. The van der Waals surface area contributed by atoms with Crippen molar-refractivity contribution in [2.45, 2.75) is 97.2 Å². The van der Waals surface area contributed by atoms with Gasteiger partial charge in [0, 0.05) is 6.61 Å². The van der Waals surface area contributed by atoms with E-state index < -0.39 is 0 Å². The molecule has 2 heteroatoms. The molecule has 1 N–H and O–H groups in total. The summed E-state index contributed by atoms with van der Waals surface area (Å²) in [5, 5.41) is 10.7. The summed E-state index contributed by atoms with van der Waals surface area (Å²) in [6.07, 6.45) is 12.2. The van der Waals surface area contributed by atoms with Gasteiger partial charge in [-0.05, 0) is 38.0 Å². The number of unbranched alkanes of at least 4 members (excludes halogenated alkanes) is 1. The van der Waals surface area contributed by atoms with Gasteiger partial charge in [-0.3, -0.25) is 0 Å². The number of hydrogen-bond donors (Lipinski definition) is 1. The van der Waals surface area contributed by atoms with Gasteiger partial charge in [-0.2, -0.15) is 0 Å². The Labute approximate surface area is 126 Å². The molecular weight excluding hydrogens is 248 g/mol.